The third-order valence-electron chi connectivity index (χ3n) is 1.01. The van der Waals surface area contributed by atoms with Gasteiger partial charge in [-0.2, -0.15) is 0 Å². The van der Waals surface area contributed by atoms with Gasteiger partial charge in [-0.3, -0.25) is 4.79 Å². The third kappa shape index (κ3) is 3.98. The van der Waals surface area contributed by atoms with E-state index in [2.05, 4.69) is 25.9 Å². The van der Waals surface area contributed by atoms with Crippen LogP contribution in [0.2, 0.25) is 0 Å². The van der Waals surface area contributed by atoms with Crippen LogP contribution in [-0.4, -0.2) is 16.3 Å². The third-order valence-corrected chi connectivity index (χ3v) is 1.38. The van der Waals surface area contributed by atoms with Crippen molar-refractivity contribution in [3.8, 4) is 0 Å². The summed E-state index contributed by atoms with van der Waals surface area (Å²) in [5, 5.41) is 0. The predicted octanol–water partition coefficient (Wildman–Crippen LogP) is 1.05. The SMILES string of the molecule is Cc1[nH]c(Br)nc1C=O.[Mn].[O-2].[O-2]. The number of halogens is 1. The summed E-state index contributed by atoms with van der Waals surface area (Å²) in [6, 6.07) is 0. The van der Waals surface area contributed by atoms with Crippen molar-refractivity contribution in [3.63, 3.8) is 0 Å². The van der Waals surface area contributed by atoms with Crippen molar-refractivity contribution in [1.29, 1.82) is 0 Å². The van der Waals surface area contributed by atoms with Crippen LogP contribution in [0.5, 0.6) is 0 Å². The van der Waals surface area contributed by atoms with Crippen LogP contribution in [0.4, 0.5) is 0 Å². The minimum Gasteiger partial charge on any atom is -2.00 e. The van der Waals surface area contributed by atoms with Crippen LogP contribution >= 0.6 is 15.9 Å². The molecule has 1 radical (unpaired) electrons. The molecule has 0 aliphatic carbocycles. The molecule has 0 unspecified atom stereocenters. The van der Waals surface area contributed by atoms with Gasteiger partial charge in [0.05, 0.1) is 0 Å². The van der Waals surface area contributed by atoms with Crippen LogP contribution in [0.15, 0.2) is 4.73 Å². The number of aromatic nitrogens is 2. The van der Waals surface area contributed by atoms with Crippen molar-refractivity contribution < 1.29 is 32.8 Å². The fraction of sp³-hybridized carbons (Fsp3) is 0.200. The van der Waals surface area contributed by atoms with E-state index in [0.29, 0.717) is 10.4 Å². The van der Waals surface area contributed by atoms with Gasteiger partial charge in [0, 0.05) is 22.8 Å². The zero-order chi connectivity index (χ0) is 6.85. The number of carbonyl (C=O) groups is 1. The number of imidazole rings is 1. The maximum atomic E-state index is 10.1. The fourth-order valence-electron chi connectivity index (χ4n) is 0.551. The van der Waals surface area contributed by atoms with E-state index < -0.39 is 0 Å². The summed E-state index contributed by atoms with van der Waals surface area (Å²) < 4.78 is 0.599. The molecule has 0 saturated heterocycles. The second-order valence-electron chi connectivity index (χ2n) is 1.66. The summed E-state index contributed by atoms with van der Waals surface area (Å²) in [4.78, 5) is 16.8. The summed E-state index contributed by atoms with van der Waals surface area (Å²) in [6.45, 7) is 1.79. The molecule has 1 rings (SSSR count). The largest absolute Gasteiger partial charge is 2.00 e. The molecule has 7 heteroatoms. The van der Waals surface area contributed by atoms with Crippen LogP contribution in [0.3, 0.4) is 0 Å². The maximum Gasteiger partial charge on any atom is 0.175 e. The van der Waals surface area contributed by atoms with Crippen molar-refractivity contribution in [3.05, 3.63) is 16.1 Å². The molecule has 0 bridgehead atoms. The Kier molecular flexibility index (Phi) is 11.0. The molecule has 0 aromatic carbocycles. The zero-order valence-electron chi connectivity index (χ0n) is 6.01. The van der Waals surface area contributed by atoms with Gasteiger partial charge in [0.1, 0.15) is 5.69 Å². The van der Waals surface area contributed by atoms with Crippen LogP contribution < -0.4 is 0 Å². The van der Waals surface area contributed by atoms with Crippen LogP contribution in [0, 0.1) is 6.92 Å². The van der Waals surface area contributed by atoms with Gasteiger partial charge in [0.2, 0.25) is 0 Å². The average Bonchev–Trinajstić information content (AvgIpc) is 2.10. The Morgan fingerprint density at radius 2 is 2.00 bits per heavy atom. The van der Waals surface area contributed by atoms with Crippen LogP contribution in [0.25, 0.3) is 0 Å². The zero-order valence-corrected chi connectivity index (χ0v) is 8.77. The number of nitrogens with zero attached hydrogens (tertiary/aromatic N) is 1. The molecule has 0 spiro atoms. The van der Waals surface area contributed by atoms with Gasteiger partial charge < -0.3 is 15.9 Å². The Morgan fingerprint density at radius 3 is 2.17 bits per heavy atom. The number of aromatic amines is 1. The Balaban J connectivity index is -0.000000270. The van der Waals surface area contributed by atoms with Gasteiger partial charge in [-0.25, -0.2) is 4.98 Å². The van der Waals surface area contributed by atoms with Crippen molar-refractivity contribution in [2.24, 2.45) is 0 Å². The van der Waals surface area contributed by atoms with E-state index in [4.69, 9.17) is 0 Å². The Bertz CT molecular complexity index is 241. The first-order valence-corrected chi connectivity index (χ1v) is 3.20. The maximum absolute atomic E-state index is 10.1. The monoisotopic (exact) mass is 275 g/mol. The van der Waals surface area contributed by atoms with E-state index >= 15 is 0 Å². The molecule has 1 aromatic rings. The number of nitrogens with one attached hydrogen (secondary N) is 1. The minimum absolute atomic E-state index is 0. The summed E-state index contributed by atoms with van der Waals surface area (Å²) in [6.07, 6.45) is 0.719. The number of hydrogen-bond acceptors (Lipinski definition) is 2. The summed E-state index contributed by atoms with van der Waals surface area (Å²) >= 11 is 3.10. The molecule has 1 aromatic heterocycles. The van der Waals surface area contributed by atoms with Crippen molar-refractivity contribution >= 4 is 22.2 Å². The van der Waals surface area contributed by atoms with Gasteiger partial charge in [-0.05, 0) is 22.9 Å². The number of rotatable bonds is 1. The molecular weight excluding hydrogens is 271 g/mol. The van der Waals surface area contributed by atoms with E-state index in [9.17, 15) is 4.79 Å². The second kappa shape index (κ2) is 7.45. The van der Waals surface area contributed by atoms with Gasteiger partial charge in [-0.15, -0.1) is 0 Å². The Hall–Kier alpha value is -0.201. The number of aryl methyl sites for hydroxylation is 1. The molecule has 0 atom stereocenters. The van der Waals surface area contributed by atoms with E-state index in [1.807, 2.05) is 0 Å². The van der Waals surface area contributed by atoms with E-state index in [-0.39, 0.29) is 28.0 Å². The van der Waals surface area contributed by atoms with Crippen molar-refractivity contribution in [1.82, 2.24) is 9.97 Å². The number of carbonyl (C=O) groups excluding carboxylic acids is 1. The van der Waals surface area contributed by atoms with E-state index in [1.54, 1.807) is 6.92 Å². The molecule has 5 nitrogen and oxygen atoms in total. The van der Waals surface area contributed by atoms with E-state index in [1.165, 1.54) is 0 Å². The number of aldehydes is 1. The summed E-state index contributed by atoms with van der Waals surface area (Å²) in [5.41, 5.74) is 1.25. The average molecular weight is 276 g/mol. The minimum atomic E-state index is 0. The predicted molar refractivity (Wildman–Crippen MR) is 37.8 cm³/mol. The van der Waals surface area contributed by atoms with Crippen molar-refractivity contribution in [2.75, 3.05) is 0 Å². The smallest absolute Gasteiger partial charge is 0.175 e. The molecule has 0 aliphatic rings. The molecule has 0 fully saturated rings. The molecule has 1 N–H and O–H groups in total. The normalized spacial score (nSPS) is 7.17. The summed E-state index contributed by atoms with van der Waals surface area (Å²) in [7, 11) is 0. The van der Waals surface area contributed by atoms with Crippen LogP contribution in [-0.2, 0) is 28.0 Å². The van der Waals surface area contributed by atoms with Gasteiger partial charge >= 0.3 is 0 Å². The number of hydrogen-bond donors (Lipinski definition) is 1. The topological polar surface area (TPSA) is 103 Å². The second-order valence-corrected chi connectivity index (χ2v) is 2.41. The standard InChI is InChI=1S/C5H5BrN2O.Mn.2O/c1-3-4(2-9)8-5(6)7-3;;;/h2H,1H3,(H,7,8);;;/q;;2*-2. The van der Waals surface area contributed by atoms with Crippen LogP contribution in [0.1, 0.15) is 16.2 Å². The molecule has 0 amide bonds. The molecule has 0 aliphatic heterocycles. The first-order chi connectivity index (χ1) is 4.24. The summed E-state index contributed by atoms with van der Waals surface area (Å²) in [5.74, 6) is 0. The van der Waals surface area contributed by atoms with Gasteiger partial charge in [0.15, 0.2) is 11.0 Å². The van der Waals surface area contributed by atoms with Gasteiger partial charge in [0.25, 0.3) is 0 Å². The van der Waals surface area contributed by atoms with Gasteiger partial charge in [-0.1, -0.05) is 0 Å². The first kappa shape index (κ1) is 17.8. The van der Waals surface area contributed by atoms with E-state index in [0.717, 1.165) is 12.0 Å². The fourth-order valence-corrected chi connectivity index (χ4v) is 1.04. The number of H-pyrrole nitrogens is 1. The van der Waals surface area contributed by atoms with Crippen molar-refractivity contribution in [2.45, 2.75) is 6.92 Å². The first-order valence-electron chi connectivity index (χ1n) is 2.41. The molecule has 12 heavy (non-hydrogen) atoms. The Labute approximate surface area is 88.2 Å². The molecule has 71 valence electrons. The molecule has 1 heterocycles. The quantitative estimate of drug-likeness (QED) is 0.612. The Morgan fingerprint density at radius 1 is 1.50 bits per heavy atom. The molecular formula is C5H5BrMnN2O3-4. The molecule has 0 saturated carbocycles.